The molecule has 3 rings (SSSR count). The zero-order valence-corrected chi connectivity index (χ0v) is 16.2. The van der Waals surface area contributed by atoms with E-state index < -0.39 is 11.8 Å². The van der Waals surface area contributed by atoms with Crippen LogP contribution in [0, 0.1) is 5.82 Å². The molecule has 0 bridgehead atoms. The highest BCUT2D eigenvalue weighted by atomic mass is 19.1. The molecule has 150 valence electrons. The Labute approximate surface area is 165 Å². The van der Waals surface area contributed by atoms with E-state index in [1.54, 1.807) is 19.2 Å². The Bertz CT molecular complexity index is 825. The number of carboxylic acids is 1. The lowest BCUT2D eigenvalue weighted by molar-refractivity contribution is -0.305. The van der Waals surface area contributed by atoms with E-state index in [1.165, 1.54) is 17.3 Å². The summed E-state index contributed by atoms with van der Waals surface area (Å²) in [5.74, 6) is -1.57. The molecule has 1 aliphatic rings. The fourth-order valence-electron chi connectivity index (χ4n) is 3.54. The SMILES string of the molecule is COCCN1CCCc2ccc(CNc3ccc(CCC(=O)[O-])c(F)c3)cc21. The normalized spacial score (nSPS) is 13.3. The molecule has 28 heavy (non-hydrogen) atoms. The standard InChI is InChI=1S/C22H27FN2O3/c1-28-12-11-25-10-2-3-18-5-4-16(13-21(18)25)15-24-19-8-6-17(20(23)14-19)7-9-22(26)27/h4-6,8,13-14,24H,2-3,7,9-12,15H2,1H3,(H,26,27)/p-1. The Balaban J connectivity index is 1.64. The van der Waals surface area contributed by atoms with E-state index in [4.69, 9.17) is 4.74 Å². The van der Waals surface area contributed by atoms with Crippen LogP contribution < -0.4 is 15.3 Å². The molecule has 1 N–H and O–H groups in total. The lowest BCUT2D eigenvalue weighted by Gasteiger charge is -2.31. The summed E-state index contributed by atoms with van der Waals surface area (Å²) >= 11 is 0. The molecule has 6 heteroatoms. The fourth-order valence-corrected chi connectivity index (χ4v) is 3.54. The van der Waals surface area contributed by atoms with E-state index in [9.17, 15) is 14.3 Å². The molecule has 0 aliphatic carbocycles. The van der Waals surface area contributed by atoms with Crippen molar-refractivity contribution in [3.8, 4) is 0 Å². The van der Waals surface area contributed by atoms with Crippen LogP contribution in [0.4, 0.5) is 15.8 Å². The second-order valence-corrected chi connectivity index (χ2v) is 7.08. The smallest absolute Gasteiger partial charge is 0.128 e. The monoisotopic (exact) mass is 385 g/mol. The van der Waals surface area contributed by atoms with Crippen LogP contribution in [0.5, 0.6) is 0 Å². The van der Waals surface area contributed by atoms with Crippen LogP contribution >= 0.6 is 0 Å². The summed E-state index contributed by atoms with van der Waals surface area (Å²) in [6.07, 6.45) is 2.19. The third-order valence-corrected chi connectivity index (χ3v) is 5.08. The first-order valence-corrected chi connectivity index (χ1v) is 9.64. The van der Waals surface area contributed by atoms with E-state index in [1.807, 2.05) is 0 Å². The molecular weight excluding hydrogens is 359 g/mol. The second-order valence-electron chi connectivity index (χ2n) is 7.08. The van der Waals surface area contributed by atoms with Gasteiger partial charge in [-0.15, -0.1) is 0 Å². The van der Waals surface area contributed by atoms with Crippen molar-refractivity contribution in [3.63, 3.8) is 0 Å². The quantitative estimate of drug-likeness (QED) is 0.719. The van der Waals surface area contributed by atoms with Crippen LogP contribution in [0.1, 0.15) is 29.5 Å². The molecule has 0 atom stereocenters. The number of rotatable bonds is 9. The molecule has 1 aliphatic heterocycles. The van der Waals surface area contributed by atoms with Gasteiger partial charge in [0.25, 0.3) is 0 Å². The average Bonchev–Trinajstić information content (AvgIpc) is 2.69. The highest BCUT2D eigenvalue weighted by Crippen LogP contribution is 2.28. The zero-order valence-electron chi connectivity index (χ0n) is 16.2. The van der Waals surface area contributed by atoms with Crippen LogP contribution in [-0.2, 0) is 28.9 Å². The summed E-state index contributed by atoms with van der Waals surface area (Å²) in [4.78, 5) is 12.9. The van der Waals surface area contributed by atoms with Crippen molar-refractivity contribution in [3.05, 3.63) is 58.9 Å². The number of aliphatic carboxylic acids is 1. The largest absolute Gasteiger partial charge is 0.550 e. The number of halogens is 1. The van der Waals surface area contributed by atoms with E-state index in [-0.39, 0.29) is 12.8 Å². The number of nitrogens with zero attached hydrogens (tertiary/aromatic N) is 1. The van der Waals surface area contributed by atoms with Gasteiger partial charge in [-0.05, 0) is 60.6 Å². The number of aryl methyl sites for hydroxylation is 2. The van der Waals surface area contributed by atoms with Gasteiger partial charge < -0.3 is 24.9 Å². The number of methoxy groups -OCH3 is 1. The number of benzene rings is 2. The number of fused-ring (bicyclic) bond motifs is 1. The topological polar surface area (TPSA) is 64.6 Å². The van der Waals surface area contributed by atoms with Crippen molar-refractivity contribution in [2.75, 3.05) is 37.0 Å². The Morgan fingerprint density at radius 3 is 2.89 bits per heavy atom. The van der Waals surface area contributed by atoms with E-state index in [0.717, 1.165) is 31.5 Å². The lowest BCUT2D eigenvalue weighted by Crippen LogP contribution is -2.32. The Morgan fingerprint density at radius 1 is 1.29 bits per heavy atom. The molecule has 0 radical (unpaired) electrons. The van der Waals surface area contributed by atoms with Gasteiger partial charge in [0.05, 0.1) is 6.61 Å². The Hall–Kier alpha value is -2.60. The molecule has 0 aromatic heterocycles. The summed E-state index contributed by atoms with van der Waals surface area (Å²) in [5, 5.41) is 13.8. The van der Waals surface area contributed by atoms with E-state index >= 15 is 0 Å². The number of carbonyl (C=O) groups is 1. The van der Waals surface area contributed by atoms with Gasteiger partial charge in [-0.25, -0.2) is 4.39 Å². The van der Waals surface area contributed by atoms with Crippen LogP contribution in [-0.4, -0.2) is 32.8 Å². The first-order valence-electron chi connectivity index (χ1n) is 9.64. The summed E-state index contributed by atoms with van der Waals surface area (Å²) < 4.78 is 19.4. The van der Waals surface area contributed by atoms with Crippen molar-refractivity contribution < 1.29 is 19.0 Å². The van der Waals surface area contributed by atoms with E-state index in [2.05, 4.69) is 28.4 Å². The first kappa shape index (κ1) is 20.1. The zero-order chi connectivity index (χ0) is 19.9. The molecule has 0 saturated carbocycles. The maximum atomic E-state index is 14.1. The Kier molecular flexibility index (Phi) is 6.87. The number of carboxylic acid groups (broad SMARTS) is 1. The maximum absolute atomic E-state index is 14.1. The van der Waals surface area contributed by atoms with Crippen LogP contribution in [0.15, 0.2) is 36.4 Å². The van der Waals surface area contributed by atoms with Gasteiger partial charge in [-0.2, -0.15) is 0 Å². The number of hydrogen-bond acceptors (Lipinski definition) is 5. The van der Waals surface area contributed by atoms with Crippen molar-refractivity contribution >= 4 is 17.3 Å². The second kappa shape index (κ2) is 9.55. The minimum absolute atomic E-state index is 0.135. The van der Waals surface area contributed by atoms with Gasteiger partial charge >= 0.3 is 0 Å². The first-order chi connectivity index (χ1) is 13.6. The molecule has 0 spiro atoms. The molecular formula is C22H26FN2O3-. The summed E-state index contributed by atoms with van der Waals surface area (Å²) in [5.41, 5.74) is 4.80. The minimum atomic E-state index is -1.17. The van der Waals surface area contributed by atoms with Crippen molar-refractivity contribution in [2.45, 2.75) is 32.2 Å². The molecule has 0 saturated heterocycles. The highest BCUT2D eigenvalue weighted by Gasteiger charge is 2.16. The summed E-state index contributed by atoms with van der Waals surface area (Å²) in [7, 11) is 1.72. The molecule has 5 nitrogen and oxygen atoms in total. The summed E-state index contributed by atoms with van der Waals surface area (Å²) in [6, 6.07) is 11.3. The van der Waals surface area contributed by atoms with Crippen LogP contribution in [0.3, 0.4) is 0 Å². The Morgan fingerprint density at radius 2 is 2.14 bits per heavy atom. The fraction of sp³-hybridized carbons (Fsp3) is 0.409. The van der Waals surface area contributed by atoms with Gasteiger partial charge in [0.1, 0.15) is 5.82 Å². The van der Waals surface area contributed by atoms with Gasteiger partial charge in [0.15, 0.2) is 0 Å². The summed E-state index contributed by atoms with van der Waals surface area (Å²) in [6.45, 7) is 3.19. The number of nitrogens with one attached hydrogen (secondary N) is 1. The van der Waals surface area contributed by atoms with Gasteiger partial charge in [-0.1, -0.05) is 18.2 Å². The van der Waals surface area contributed by atoms with Gasteiger partial charge in [0.2, 0.25) is 0 Å². The van der Waals surface area contributed by atoms with Gasteiger partial charge in [-0.3, -0.25) is 0 Å². The third-order valence-electron chi connectivity index (χ3n) is 5.08. The predicted molar refractivity (Wildman–Crippen MR) is 106 cm³/mol. The van der Waals surface area contributed by atoms with Crippen LogP contribution in [0.2, 0.25) is 0 Å². The minimum Gasteiger partial charge on any atom is -0.550 e. The number of anilines is 2. The highest BCUT2D eigenvalue weighted by molar-refractivity contribution is 5.64. The molecule has 0 unspecified atom stereocenters. The van der Waals surface area contributed by atoms with Crippen molar-refractivity contribution in [2.24, 2.45) is 0 Å². The van der Waals surface area contributed by atoms with Gasteiger partial charge in [0, 0.05) is 44.1 Å². The average molecular weight is 385 g/mol. The number of hydrogen-bond donors (Lipinski definition) is 1. The predicted octanol–water partition coefficient (Wildman–Crippen LogP) is 2.52. The molecule has 1 heterocycles. The van der Waals surface area contributed by atoms with Crippen LogP contribution in [0.25, 0.3) is 0 Å². The molecule has 2 aromatic carbocycles. The molecule has 0 amide bonds. The van der Waals surface area contributed by atoms with Crippen molar-refractivity contribution in [1.29, 1.82) is 0 Å². The van der Waals surface area contributed by atoms with E-state index in [0.29, 0.717) is 24.4 Å². The maximum Gasteiger partial charge on any atom is 0.128 e. The van der Waals surface area contributed by atoms with Crippen molar-refractivity contribution in [1.82, 2.24) is 0 Å². The molecule has 2 aromatic rings. The number of ether oxygens (including phenoxy) is 1. The number of carbonyl (C=O) groups excluding carboxylic acids is 1. The molecule has 0 fully saturated rings. The third kappa shape index (κ3) is 5.23. The lowest BCUT2D eigenvalue weighted by atomic mass is 9.99.